The van der Waals surface area contributed by atoms with E-state index in [0.717, 1.165) is 11.3 Å². The summed E-state index contributed by atoms with van der Waals surface area (Å²) in [6.45, 7) is 6.99. The highest BCUT2D eigenvalue weighted by molar-refractivity contribution is 6.29. The molecular weight excluding hydrogens is 351 g/mol. The monoisotopic (exact) mass is 370 g/mol. The molecule has 0 aromatic carbocycles. The second-order valence-corrected chi connectivity index (χ2v) is 6.36. The number of carbonyl (C=O) groups is 1. The molecule has 2 heterocycles. The number of carbonyl (C=O) groups excluding carboxylic acids is 1. The molecule has 2 aromatic rings. The number of pyridine rings is 2. The zero-order chi connectivity index (χ0) is 18.5. The number of rotatable bonds is 2. The molecule has 7 heteroatoms. The summed E-state index contributed by atoms with van der Waals surface area (Å²) in [6.07, 6.45) is 0. The second kappa shape index (κ2) is 8.42. The van der Waals surface area contributed by atoms with Crippen molar-refractivity contribution in [2.75, 3.05) is 7.11 Å². The predicted octanol–water partition coefficient (Wildman–Crippen LogP) is 4.10. The van der Waals surface area contributed by atoms with Crippen molar-refractivity contribution in [2.45, 2.75) is 33.3 Å². The fraction of sp³-hybridized carbons (Fsp3) is 0.353. The molecule has 0 aliphatic rings. The van der Waals surface area contributed by atoms with Gasteiger partial charge in [0, 0.05) is 11.3 Å². The summed E-state index contributed by atoms with van der Waals surface area (Å²) >= 11 is 11.3. The van der Waals surface area contributed by atoms with Gasteiger partial charge in [0.1, 0.15) is 10.3 Å². The van der Waals surface area contributed by atoms with Crippen molar-refractivity contribution < 1.29 is 14.6 Å². The molecule has 2 rings (SSSR count). The SMILES string of the molecule is COC(=O)c1ccc(Cl)nc1C.Cc1nc(Cl)ccc1C(C)(C)O. The average molecular weight is 371 g/mol. The lowest BCUT2D eigenvalue weighted by atomic mass is 9.97. The van der Waals surface area contributed by atoms with Crippen molar-refractivity contribution in [3.05, 3.63) is 57.1 Å². The van der Waals surface area contributed by atoms with Crippen LogP contribution in [0.5, 0.6) is 0 Å². The third-order valence-electron chi connectivity index (χ3n) is 3.17. The van der Waals surface area contributed by atoms with Gasteiger partial charge in [-0.2, -0.15) is 0 Å². The van der Waals surface area contributed by atoms with E-state index in [4.69, 9.17) is 23.2 Å². The first kappa shape index (κ1) is 20.4. The maximum Gasteiger partial charge on any atom is 0.339 e. The number of ether oxygens (including phenoxy) is 1. The minimum Gasteiger partial charge on any atom is -0.465 e. The van der Waals surface area contributed by atoms with Crippen molar-refractivity contribution in [3.63, 3.8) is 0 Å². The molecule has 130 valence electrons. The maximum atomic E-state index is 11.0. The zero-order valence-electron chi connectivity index (χ0n) is 14.2. The first-order valence-corrected chi connectivity index (χ1v) is 7.89. The Bertz CT molecular complexity index is 728. The Labute approximate surface area is 151 Å². The van der Waals surface area contributed by atoms with Gasteiger partial charge in [-0.15, -0.1) is 0 Å². The van der Waals surface area contributed by atoms with Crippen LogP contribution in [0.2, 0.25) is 10.3 Å². The van der Waals surface area contributed by atoms with Crippen LogP contribution in [0.25, 0.3) is 0 Å². The summed E-state index contributed by atoms with van der Waals surface area (Å²) in [4.78, 5) is 19.0. The van der Waals surface area contributed by atoms with Crippen molar-refractivity contribution in [1.29, 1.82) is 0 Å². The number of methoxy groups -OCH3 is 1. The summed E-state index contributed by atoms with van der Waals surface area (Å²) in [5, 5.41) is 10.5. The van der Waals surface area contributed by atoms with Gasteiger partial charge in [0.15, 0.2) is 0 Å². The van der Waals surface area contributed by atoms with Gasteiger partial charge in [-0.25, -0.2) is 14.8 Å². The van der Waals surface area contributed by atoms with Crippen LogP contribution in [-0.2, 0) is 10.3 Å². The molecule has 0 atom stereocenters. The molecule has 0 saturated carbocycles. The number of hydrogen-bond acceptors (Lipinski definition) is 5. The molecule has 0 radical (unpaired) electrons. The quantitative estimate of drug-likeness (QED) is 0.636. The summed E-state index contributed by atoms with van der Waals surface area (Å²) in [5.74, 6) is -0.392. The van der Waals surface area contributed by atoms with Crippen LogP contribution in [-0.4, -0.2) is 28.2 Å². The van der Waals surface area contributed by atoms with E-state index in [0.29, 0.717) is 21.6 Å². The Hall–Kier alpha value is -1.69. The average Bonchev–Trinajstić information content (AvgIpc) is 2.45. The number of nitrogens with zero attached hydrogens (tertiary/aromatic N) is 2. The van der Waals surface area contributed by atoms with Gasteiger partial charge in [0.05, 0.1) is 24.0 Å². The molecule has 0 unspecified atom stereocenters. The van der Waals surface area contributed by atoms with Gasteiger partial charge in [-0.3, -0.25) is 0 Å². The van der Waals surface area contributed by atoms with Crippen LogP contribution in [0.3, 0.4) is 0 Å². The van der Waals surface area contributed by atoms with Gasteiger partial charge in [-0.05, 0) is 45.9 Å². The summed E-state index contributed by atoms with van der Waals surface area (Å²) in [7, 11) is 1.33. The van der Waals surface area contributed by atoms with E-state index in [9.17, 15) is 9.90 Å². The molecule has 0 saturated heterocycles. The molecule has 0 aliphatic heterocycles. The van der Waals surface area contributed by atoms with Crippen molar-refractivity contribution in [3.8, 4) is 0 Å². The smallest absolute Gasteiger partial charge is 0.339 e. The predicted molar refractivity (Wildman–Crippen MR) is 94.6 cm³/mol. The summed E-state index contributed by atoms with van der Waals surface area (Å²) < 4.78 is 4.53. The first-order valence-electron chi connectivity index (χ1n) is 7.13. The molecular formula is C17H20Cl2N2O3. The fourth-order valence-corrected chi connectivity index (χ4v) is 2.41. The highest BCUT2D eigenvalue weighted by atomic mass is 35.5. The highest BCUT2D eigenvalue weighted by Crippen LogP contribution is 2.23. The molecule has 0 bridgehead atoms. The topological polar surface area (TPSA) is 72.3 Å². The van der Waals surface area contributed by atoms with Crippen molar-refractivity contribution in [1.82, 2.24) is 9.97 Å². The third kappa shape index (κ3) is 5.74. The van der Waals surface area contributed by atoms with E-state index in [1.54, 1.807) is 45.0 Å². The highest BCUT2D eigenvalue weighted by Gasteiger charge is 2.18. The molecule has 0 aliphatic carbocycles. The molecule has 0 spiro atoms. The number of aromatic nitrogens is 2. The lowest BCUT2D eigenvalue weighted by Crippen LogP contribution is -2.17. The summed E-state index contributed by atoms with van der Waals surface area (Å²) in [5.41, 5.74) is 1.76. The van der Waals surface area contributed by atoms with Crippen molar-refractivity contribution in [2.24, 2.45) is 0 Å². The Morgan fingerprint density at radius 2 is 1.54 bits per heavy atom. The van der Waals surface area contributed by atoms with E-state index in [2.05, 4.69) is 14.7 Å². The summed E-state index contributed by atoms with van der Waals surface area (Å²) in [6, 6.07) is 6.63. The molecule has 0 fully saturated rings. The lowest BCUT2D eigenvalue weighted by molar-refractivity contribution is 0.0599. The Morgan fingerprint density at radius 3 is 1.96 bits per heavy atom. The number of halogens is 2. The number of aryl methyl sites for hydroxylation is 2. The van der Waals surface area contributed by atoms with Gasteiger partial charge in [0.25, 0.3) is 0 Å². The van der Waals surface area contributed by atoms with E-state index in [1.165, 1.54) is 7.11 Å². The van der Waals surface area contributed by atoms with E-state index in [-0.39, 0.29) is 0 Å². The van der Waals surface area contributed by atoms with Crippen LogP contribution in [0.1, 0.15) is 41.2 Å². The Balaban J connectivity index is 0.000000240. The lowest BCUT2D eigenvalue weighted by Gasteiger charge is -2.19. The third-order valence-corrected chi connectivity index (χ3v) is 3.59. The molecule has 24 heavy (non-hydrogen) atoms. The van der Waals surface area contributed by atoms with Gasteiger partial charge >= 0.3 is 5.97 Å². The van der Waals surface area contributed by atoms with Gasteiger partial charge in [-0.1, -0.05) is 29.3 Å². The molecule has 5 nitrogen and oxygen atoms in total. The van der Waals surface area contributed by atoms with Crippen LogP contribution < -0.4 is 0 Å². The molecule has 1 N–H and O–H groups in total. The minimum atomic E-state index is -0.846. The Kier molecular flexibility index (Phi) is 7.14. The van der Waals surface area contributed by atoms with Crippen LogP contribution in [0.15, 0.2) is 24.3 Å². The van der Waals surface area contributed by atoms with Gasteiger partial charge in [0.2, 0.25) is 0 Å². The van der Waals surface area contributed by atoms with Crippen LogP contribution in [0.4, 0.5) is 0 Å². The Morgan fingerprint density at radius 1 is 1.04 bits per heavy atom. The zero-order valence-corrected chi connectivity index (χ0v) is 15.7. The minimum absolute atomic E-state index is 0.375. The fourth-order valence-electron chi connectivity index (χ4n) is 2.03. The normalized spacial score (nSPS) is 10.7. The van der Waals surface area contributed by atoms with E-state index < -0.39 is 11.6 Å². The van der Waals surface area contributed by atoms with Crippen LogP contribution >= 0.6 is 23.2 Å². The maximum absolute atomic E-state index is 11.0. The standard InChI is InChI=1S/C9H12ClNO.C8H8ClNO2/c1-6-7(9(2,3)12)4-5-8(10)11-6;1-5-6(8(11)12-2)3-4-7(9)10-5/h4-5,12H,1-3H3;3-4H,1-2H3. The van der Waals surface area contributed by atoms with Crippen LogP contribution in [0, 0.1) is 13.8 Å². The number of aliphatic hydroxyl groups is 1. The molecule has 0 amide bonds. The molecule has 2 aromatic heterocycles. The van der Waals surface area contributed by atoms with Gasteiger partial charge < -0.3 is 9.84 Å². The number of hydrogen-bond donors (Lipinski definition) is 1. The van der Waals surface area contributed by atoms with E-state index >= 15 is 0 Å². The first-order chi connectivity index (χ1) is 11.1. The number of esters is 1. The van der Waals surface area contributed by atoms with E-state index in [1.807, 2.05) is 6.92 Å². The largest absolute Gasteiger partial charge is 0.465 e. The second-order valence-electron chi connectivity index (χ2n) is 5.58. The van der Waals surface area contributed by atoms with Crippen molar-refractivity contribution >= 4 is 29.2 Å².